The molecule has 2 aromatic rings. The molecule has 0 unspecified atom stereocenters. The number of nitrogens with zero attached hydrogens (tertiary/aromatic N) is 1. The first-order chi connectivity index (χ1) is 16.2. The van der Waals surface area contributed by atoms with E-state index in [4.69, 9.17) is 4.74 Å². The molecule has 1 aliphatic carbocycles. The number of hydrogen-bond acceptors (Lipinski definition) is 4. The second kappa shape index (κ2) is 10.0. The van der Waals surface area contributed by atoms with Crippen LogP contribution in [-0.4, -0.2) is 46.0 Å². The molecule has 0 radical (unpaired) electrons. The normalized spacial score (nSPS) is 25.5. The van der Waals surface area contributed by atoms with Gasteiger partial charge in [0.2, 0.25) is 5.91 Å². The monoisotopic (exact) mass is 555 g/mol. The third-order valence-electron chi connectivity index (χ3n) is 7.23. The summed E-state index contributed by atoms with van der Waals surface area (Å²) in [5.41, 5.74) is 0.289. The summed E-state index contributed by atoms with van der Waals surface area (Å²) < 4.78 is 59.8. The van der Waals surface area contributed by atoms with Crippen LogP contribution >= 0.6 is 15.9 Å². The van der Waals surface area contributed by atoms with Crippen molar-refractivity contribution in [3.8, 4) is 0 Å². The Morgan fingerprint density at radius 2 is 1.79 bits per heavy atom. The number of sulfone groups is 1. The van der Waals surface area contributed by atoms with Gasteiger partial charge in [0, 0.05) is 32.7 Å². The molecular formula is C25H28BrF2NO4S. The van der Waals surface area contributed by atoms with E-state index < -0.39 is 26.2 Å². The molecular weight excluding hydrogens is 528 g/mol. The molecule has 0 spiro atoms. The van der Waals surface area contributed by atoms with Gasteiger partial charge in [-0.2, -0.15) is 0 Å². The van der Waals surface area contributed by atoms with Crippen molar-refractivity contribution in [2.45, 2.75) is 41.7 Å². The third-order valence-corrected chi connectivity index (χ3v) is 10.4. The number of carbonyl (C=O) groups excluding carboxylic acids is 1. The van der Waals surface area contributed by atoms with Gasteiger partial charge in [0.15, 0.2) is 9.84 Å². The van der Waals surface area contributed by atoms with Crippen LogP contribution in [0.5, 0.6) is 0 Å². The number of amides is 1. The smallest absolute Gasteiger partial charge is 0.225 e. The van der Waals surface area contributed by atoms with Crippen LogP contribution < -0.4 is 0 Å². The molecule has 1 aliphatic heterocycles. The number of halogens is 3. The maximum absolute atomic E-state index is 14.5. The van der Waals surface area contributed by atoms with Gasteiger partial charge in [-0.25, -0.2) is 17.2 Å². The molecule has 0 aromatic heterocycles. The first-order valence-electron chi connectivity index (χ1n) is 11.4. The summed E-state index contributed by atoms with van der Waals surface area (Å²) in [6.07, 6.45) is 3.42. The van der Waals surface area contributed by atoms with Gasteiger partial charge in [0.05, 0.1) is 9.37 Å². The second-order valence-electron chi connectivity index (χ2n) is 9.26. The third kappa shape index (κ3) is 4.66. The van der Waals surface area contributed by atoms with Crippen LogP contribution in [0.2, 0.25) is 0 Å². The van der Waals surface area contributed by atoms with Gasteiger partial charge in [0.25, 0.3) is 0 Å². The van der Waals surface area contributed by atoms with Crippen molar-refractivity contribution in [2.75, 3.05) is 26.8 Å². The topological polar surface area (TPSA) is 63.7 Å². The first kappa shape index (κ1) is 25.3. The zero-order valence-corrected chi connectivity index (χ0v) is 21.4. The minimum absolute atomic E-state index is 0.0494. The highest BCUT2D eigenvalue weighted by atomic mass is 79.9. The summed E-state index contributed by atoms with van der Waals surface area (Å²) >= 11 is 3.12. The number of likely N-dealkylation sites (tertiary alicyclic amines) is 1. The lowest BCUT2D eigenvalue weighted by molar-refractivity contribution is -0.136. The molecule has 1 amide bonds. The molecule has 1 saturated carbocycles. The van der Waals surface area contributed by atoms with E-state index in [-0.39, 0.29) is 46.3 Å². The van der Waals surface area contributed by atoms with Gasteiger partial charge in [0.1, 0.15) is 16.4 Å². The quantitative estimate of drug-likeness (QED) is 0.466. The molecule has 184 valence electrons. The summed E-state index contributed by atoms with van der Waals surface area (Å²) in [4.78, 5) is 14.9. The molecule has 4 rings (SSSR count). The summed E-state index contributed by atoms with van der Waals surface area (Å²) in [6, 6.07) is 8.92. The summed E-state index contributed by atoms with van der Waals surface area (Å²) in [5.74, 6) is -0.887. The number of carbonyl (C=O) groups is 1. The van der Waals surface area contributed by atoms with Crippen molar-refractivity contribution in [3.05, 3.63) is 64.1 Å². The number of benzene rings is 2. The average molecular weight is 556 g/mol. The van der Waals surface area contributed by atoms with E-state index >= 15 is 0 Å². The Kier molecular flexibility index (Phi) is 7.45. The molecule has 34 heavy (non-hydrogen) atoms. The second-order valence-corrected chi connectivity index (χ2v) is 12.4. The van der Waals surface area contributed by atoms with Gasteiger partial charge in [-0.3, -0.25) is 4.79 Å². The molecule has 2 fully saturated rings. The van der Waals surface area contributed by atoms with E-state index in [1.807, 2.05) is 0 Å². The Morgan fingerprint density at radius 3 is 2.41 bits per heavy atom. The van der Waals surface area contributed by atoms with E-state index in [2.05, 4.69) is 15.9 Å². The number of rotatable bonds is 6. The highest BCUT2D eigenvalue weighted by Gasteiger charge is 2.52. The molecule has 5 nitrogen and oxygen atoms in total. The summed E-state index contributed by atoms with van der Waals surface area (Å²) in [6.45, 7) is 0.873. The zero-order chi connectivity index (χ0) is 24.5. The fourth-order valence-corrected chi connectivity index (χ4v) is 7.58. The van der Waals surface area contributed by atoms with E-state index in [1.54, 1.807) is 18.1 Å². The lowest BCUT2D eigenvalue weighted by Gasteiger charge is -2.32. The maximum atomic E-state index is 14.5. The fourth-order valence-electron chi connectivity index (χ4n) is 5.27. The fraction of sp³-hybridized carbons (Fsp3) is 0.480. The van der Waals surface area contributed by atoms with Crippen LogP contribution in [0.15, 0.2) is 51.8 Å². The van der Waals surface area contributed by atoms with Gasteiger partial charge >= 0.3 is 0 Å². The highest BCUT2D eigenvalue weighted by Crippen LogP contribution is 2.45. The van der Waals surface area contributed by atoms with Gasteiger partial charge in [-0.15, -0.1) is 0 Å². The first-order valence-corrected chi connectivity index (χ1v) is 13.7. The van der Waals surface area contributed by atoms with Crippen molar-refractivity contribution in [1.82, 2.24) is 4.90 Å². The molecule has 0 bridgehead atoms. The van der Waals surface area contributed by atoms with Crippen LogP contribution in [0.25, 0.3) is 0 Å². The molecule has 0 N–H and O–H groups in total. The molecule has 1 heterocycles. The minimum Gasteiger partial charge on any atom is -0.384 e. The Morgan fingerprint density at radius 1 is 1.12 bits per heavy atom. The van der Waals surface area contributed by atoms with Crippen molar-refractivity contribution < 1.29 is 26.7 Å². The van der Waals surface area contributed by atoms with Gasteiger partial charge in [-0.1, -0.05) is 6.07 Å². The standard InChI is InChI=1S/C25H28BrF2NO4S/c1-33-15-17-2-4-18(5-3-17)24(30)29-13-12-25(16-29,19-6-11-22(26)23(28)14-19)34(31,32)21-9-7-20(27)8-10-21/h6-11,14,17-18H,2-5,12-13,15-16H2,1H3/t17?,18?,25-/m0/s1. The molecule has 1 atom stereocenters. The van der Waals surface area contributed by atoms with E-state index in [9.17, 15) is 22.0 Å². The Labute approximate surface area is 207 Å². The number of hydrogen-bond donors (Lipinski definition) is 0. The predicted molar refractivity (Wildman–Crippen MR) is 128 cm³/mol. The Balaban J connectivity index is 1.66. The van der Waals surface area contributed by atoms with Crippen molar-refractivity contribution in [1.29, 1.82) is 0 Å². The molecule has 2 aromatic carbocycles. The van der Waals surface area contributed by atoms with E-state index in [1.165, 1.54) is 24.3 Å². The Bertz CT molecular complexity index is 1150. The molecule has 9 heteroatoms. The maximum Gasteiger partial charge on any atom is 0.225 e. The van der Waals surface area contributed by atoms with E-state index in [0.29, 0.717) is 12.5 Å². The molecule has 1 saturated heterocycles. The van der Waals surface area contributed by atoms with Crippen molar-refractivity contribution in [2.24, 2.45) is 11.8 Å². The van der Waals surface area contributed by atoms with Crippen LogP contribution in [0.4, 0.5) is 8.78 Å². The van der Waals surface area contributed by atoms with E-state index in [0.717, 1.165) is 37.8 Å². The van der Waals surface area contributed by atoms with Crippen LogP contribution in [0.3, 0.4) is 0 Å². The average Bonchev–Trinajstić information content (AvgIpc) is 3.29. The molecule has 2 aliphatic rings. The predicted octanol–water partition coefficient (Wildman–Crippen LogP) is 5.08. The SMILES string of the molecule is COCC1CCC(C(=O)N2CC[C@](c3ccc(Br)c(F)c3)(S(=O)(=O)c3ccc(F)cc3)C2)CC1. The van der Waals surface area contributed by atoms with Crippen LogP contribution in [0, 0.1) is 23.5 Å². The summed E-state index contributed by atoms with van der Waals surface area (Å²) in [7, 11) is -2.40. The number of ether oxygens (including phenoxy) is 1. The lowest BCUT2D eigenvalue weighted by Crippen LogP contribution is -2.42. The van der Waals surface area contributed by atoms with Crippen molar-refractivity contribution in [3.63, 3.8) is 0 Å². The lowest BCUT2D eigenvalue weighted by atomic mass is 9.81. The van der Waals surface area contributed by atoms with Crippen molar-refractivity contribution >= 4 is 31.7 Å². The highest BCUT2D eigenvalue weighted by molar-refractivity contribution is 9.10. The van der Waals surface area contributed by atoms with Crippen LogP contribution in [0.1, 0.15) is 37.7 Å². The van der Waals surface area contributed by atoms with Gasteiger partial charge < -0.3 is 9.64 Å². The summed E-state index contributed by atoms with van der Waals surface area (Å²) in [5, 5.41) is 0. The Hall–Kier alpha value is -1.84. The van der Waals surface area contributed by atoms with Gasteiger partial charge in [-0.05, 0) is 95.9 Å². The largest absolute Gasteiger partial charge is 0.384 e. The zero-order valence-electron chi connectivity index (χ0n) is 19.0. The van der Waals surface area contributed by atoms with Crippen LogP contribution in [-0.2, 0) is 24.1 Å². The number of methoxy groups -OCH3 is 1. The minimum atomic E-state index is -4.07.